The summed E-state index contributed by atoms with van der Waals surface area (Å²) >= 11 is 0. The fraction of sp³-hybridized carbons (Fsp3) is 0.375. The first-order valence-corrected chi connectivity index (χ1v) is 6.48. The van der Waals surface area contributed by atoms with Crippen molar-refractivity contribution in [1.82, 2.24) is 0 Å². The summed E-state index contributed by atoms with van der Waals surface area (Å²) < 4.78 is 5.27. The number of methoxy groups -OCH3 is 1. The molecule has 2 aromatic carbocycles. The molecule has 2 rings (SSSR count). The van der Waals surface area contributed by atoms with Crippen LogP contribution in [0.15, 0.2) is 42.5 Å². The number of nitrogens with two attached hydrogens (primary N) is 1. The highest BCUT2D eigenvalue weighted by Crippen LogP contribution is 2.25. The van der Waals surface area contributed by atoms with Crippen LogP contribution < -0.4 is 5.73 Å². The number of rotatable bonds is 5. The van der Waals surface area contributed by atoms with E-state index in [1.165, 1.54) is 16.3 Å². The predicted molar refractivity (Wildman–Crippen MR) is 76.6 cm³/mol. The topological polar surface area (TPSA) is 35.2 Å². The van der Waals surface area contributed by atoms with Crippen molar-refractivity contribution in [2.24, 2.45) is 5.73 Å². The summed E-state index contributed by atoms with van der Waals surface area (Å²) in [5.41, 5.74) is 7.54. The van der Waals surface area contributed by atoms with E-state index >= 15 is 0 Å². The van der Waals surface area contributed by atoms with Gasteiger partial charge in [-0.2, -0.15) is 0 Å². The molecule has 0 spiro atoms. The largest absolute Gasteiger partial charge is 0.382 e. The number of ether oxygens (including phenoxy) is 1. The highest BCUT2D eigenvalue weighted by molar-refractivity contribution is 5.86. The van der Waals surface area contributed by atoms with Crippen LogP contribution in [0.4, 0.5) is 0 Å². The molecule has 0 aliphatic rings. The van der Waals surface area contributed by atoms with E-state index in [1.54, 1.807) is 7.11 Å². The molecule has 0 bridgehead atoms. The second kappa shape index (κ2) is 5.98. The molecule has 2 nitrogen and oxygen atoms in total. The standard InChI is InChI=1S/C16H21NO/c1-12(18-2)10-11-16(17)15-9-5-7-13-6-3-4-8-14(13)15/h3-9,12,16H,10-11,17H2,1-2H3. The van der Waals surface area contributed by atoms with Crippen molar-refractivity contribution < 1.29 is 4.74 Å². The van der Waals surface area contributed by atoms with E-state index in [4.69, 9.17) is 10.5 Å². The third-order valence-corrected chi connectivity index (χ3v) is 3.51. The van der Waals surface area contributed by atoms with E-state index in [-0.39, 0.29) is 12.1 Å². The maximum atomic E-state index is 6.31. The zero-order chi connectivity index (χ0) is 13.0. The summed E-state index contributed by atoms with van der Waals surface area (Å²) in [5, 5.41) is 2.52. The van der Waals surface area contributed by atoms with Crippen molar-refractivity contribution in [2.75, 3.05) is 7.11 Å². The number of fused-ring (bicyclic) bond motifs is 1. The maximum Gasteiger partial charge on any atom is 0.0543 e. The van der Waals surface area contributed by atoms with Gasteiger partial charge in [-0.1, -0.05) is 42.5 Å². The Bertz CT molecular complexity index is 504. The summed E-state index contributed by atoms with van der Waals surface area (Å²) in [6.45, 7) is 2.08. The van der Waals surface area contributed by atoms with Crippen LogP contribution in [0.3, 0.4) is 0 Å². The van der Waals surface area contributed by atoms with Gasteiger partial charge in [-0.25, -0.2) is 0 Å². The van der Waals surface area contributed by atoms with Gasteiger partial charge in [0.05, 0.1) is 6.10 Å². The maximum absolute atomic E-state index is 6.31. The molecule has 0 heterocycles. The minimum absolute atomic E-state index is 0.0775. The van der Waals surface area contributed by atoms with Gasteiger partial charge in [0.2, 0.25) is 0 Å². The first-order chi connectivity index (χ1) is 8.72. The van der Waals surface area contributed by atoms with Crippen molar-refractivity contribution in [3.8, 4) is 0 Å². The molecule has 2 heteroatoms. The molecule has 0 amide bonds. The Morgan fingerprint density at radius 2 is 1.78 bits per heavy atom. The second-order valence-corrected chi connectivity index (χ2v) is 4.80. The average molecular weight is 243 g/mol. The molecule has 2 N–H and O–H groups in total. The van der Waals surface area contributed by atoms with Gasteiger partial charge in [0.1, 0.15) is 0 Å². The Hall–Kier alpha value is -1.38. The van der Waals surface area contributed by atoms with Gasteiger partial charge in [-0.3, -0.25) is 0 Å². The van der Waals surface area contributed by atoms with E-state index in [2.05, 4.69) is 49.4 Å². The molecule has 0 aliphatic carbocycles. The molecule has 96 valence electrons. The lowest BCUT2D eigenvalue weighted by atomic mass is 9.96. The summed E-state index contributed by atoms with van der Waals surface area (Å²) in [5.74, 6) is 0. The molecule has 2 unspecified atom stereocenters. The molecule has 18 heavy (non-hydrogen) atoms. The monoisotopic (exact) mass is 243 g/mol. The highest BCUT2D eigenvalue weighted by Gasteiger charge is 2.11. The Labute approximate surface area is 109 Å². The Balaban J connectivity index is 2.19. The van der Waals surface area contributed by atoms with Crippen LogP contribution in [-0.4, -0.2) is 13.2 Å². The fourth-order valence-electron chi connectivity index (χ4n) is 2.26. The lowest BCUT2D eigenvalue weighted by molar-refractivity contribution is 0.107. The lowest BCUT2D eigenvalue weighted by Gasteiger charge is -2.17. The molecule has 0 saturated carbocycles. The van der Waals surface area contributed by atoms with Crippen LogP contribution >= 0.6 is 0 Å². The van der Waals surface area contributed by atoms with Crippen LogP contribution in [0.25, 0.3) is 10.8 Å². The fourth-order valence-corrected chi connectivity index (χ4v) is 2.26. The Morgan fingerprint density at radius 3 is 2.56 bits per heavy atom. The molecular formula is C16H21NO. The van der Waals surface area contributed by atoms with E-state index in [9.17, 15) is 0 Å². The van der Waals surface area contributed by atoms with Gasteiger partial charge in [0.15, 0.2) is 0 Å². The summed E-state index contributed by atoms with van der Waals surface area (Å²) in [6.07, 6.45) is 2.20. The second-order valence-electron chi connectivity index (χ2n) is 4.80. The smallest absolute Gasteiger partial charge is 0.0543 e. The SMILES string of the molecule is COC(C)CCC(N)c1cccc2ccccc12. The predicted octanol–water partition coefficient (Wildman–Crippen LogP) is 3.65. The molecular weight excluding hydrogens is 222 g/mol. The third kappa shape index (κ3) is 2.89. The normalized spacial score (nSPS) is 14.6. The number of hydrogen-bond acceptors (Lipinski definition) is 2. The van der Waals surface area contributed by atoms with E-state index in [1.807, 2.05) is 0 Å². The Morgan fingerprint density at radius 1 is 1.06 bits per heavy atom. The zero-order valence-corrected chi connectivity index (χ0v) is 11.1. The van der Waals surface area contributed by atoms with Crippen molar-refractivity contribution in [3.63, 3.8) is 0 Å². The van der Waals surface area contributed by atoms with Crippen LogP contribution in [0, 0.1) is 0 Å². The van der Waals surface area contributed by atoms with Crippen molar-refractivity contribution in [3.05, 3.63) is 48.0 Å². The molecule has 0 fully saturated rings. The van der Waals surface area contributed by atoms with Crippen LogP contribution in [0.5, 0.6) is 0 Å². The summed E-state index contributed by atoms with van der Waals surface area (Å²) in [4.78, 5) is 0. The first kappa shape index (κ1) is 13.1. The minimum Gasteiger partial charge on any atom is -0.382 e. The van der Waals surface area contributed by atoms with Gasteiger partial charge < -0.3 is 10.5 Å². The van der Waals surface area contributed by atoms with Gasteiger partial charge in [-0.05, 0) is 36.1 Å². The zero-order valence-electron chi connectivity index (χ0n) is 11.1. The van der Waals surface area contributed by atoms with Crippen molar-refractivity contribution in [2.45, 2.75) is 31.9 Å². The first-order valence-electron chi connectivity index (χ1n) is 6.48. The van der Waals surface area contributed by atoms with Gasteiger partial charge in [-0.15, -0.1) is 0 Å². The van der Waals surface area contributed by atoms with Crippen molar-refractivity contribution in [1.29, 1.82) is 0 Å². The average Bonchev–Trinajstić information content (AvgIpc) is 2.43. The van der Waals surface area contributed by atoms with E-state index in [0.717, 1.165) is 12.8 Å². The molecule has 2 atom stereocenters. The van der Waals surface area contributed by atoms with Crippen LogP contribution in [-0.2, 0) is 4.74 Å². The van der Waals surface area contributed by atoms with Crippen LogP contribution in [0.2, 0.25) is 0 Å². The molecule has 0 aromatic heterocycles. The molecule has 0 aliphatic heterocycles. The molecule has 0 radical (unpaired) electrons. The van der Waals surface area contributed by atoms with Gasteiger partial charge >= 0.3 is 0 Å². The minimum atomic E-state index is 0.0775. The lowest BCUT2D eigenvalue weighted by Crippen LogP contribution is -2.14. The molecule has 2 aromatic rings. The number of hydrogen-bond donors (Lipinski definition) is 1. The van der Waals surface area contributed by atoms with E-state index < -0.39 is 0 Å². The molecule has 0 saturated heterocycles. The Kier molecular flexibility index (Phi) is 4.34. The summed E-state index contributed by atoms with van der Waals surface area (Å²) in [6, 6.07) is 14.8. The van der Waals surface area contributed by atoms with Gasteiger partial charge in [0, 0.05) is 13.2 Å². The number of benzene rings is 2. The summed E-state index contributed by atoms with van der Waals surface area (Å²) in [7, 11) is 1.74. The van der Waals surface area contributed by atoms with E-state index in [0.29, 0.717) is 0 Å². The van der Waals surface area contributed by atoms with Gasteiger partial charge in [0.25, 0.3) is 0 Å². The van der Waals surface area contributed by atoms with Crippen molar-refractivity contribution >= 4 is 10.8 Å². The highest BCUT2D eigenvalue weighted by atomic mass is 16.5. The third-order valence-electron chi connectivity index (χ3n) is 3.51. The quantitative estimate of drug-likeness (QED) is 0.870. The van der Waals surface area contributed by atoms with Crippen LogP contribution in [0.1, 0.15) is 31.4 Å².